The van der Waals surface area contributed by atoms with Crippen LogP contribution in [0.5, 0.6) is 0 Å². The second kappa shape index (κ2) is 4.65. The largest absolute Gasteiger partial charge is 0.354 e. The number of thiophene rings is 1. The number of benzene rings is 3. The van der Waals surface area contributed by atoms with E-state index in [1.54, 1.807) is 0 Å². The fourth-order valence-corrected chi connectivity index (χ4v) is 5.54. The summed E-state index contributed by atoms with van der Waals surface area (Å²) in [6.07, 6.45) is 4.13. The Morgan fingerprint density at radius 3 is 2.65 bits per heavy atom. The van der Waals surface area contributed by atoms with Crippen molar-refractivity contribution in [3.8, 4) is 0 Å². The van der Waals surface area contributed by atoms with E-state index in [0.29, 0.717) is 0 Å². The number of rotatable bonds is 1. The smallest absolute Gasteiger partial charge is 0.136 e. The average Bonchev–Trinajstić information content (AvgIpc) is 2.95. The number of hydrogen-bond acceptors (Lipinski definition) is 1. The molecule has 0 amide bonds. The topological polar surface area (TPSA) is 3.88 Å². The van der Waals surface area contributed by atoms with E-state index in [1.165, 1.54) is 53.0 Å². The predicted molar refractivity (Wildman–Crippen MR) is 110 cm³/mol. The van der Waals surface area contributed by atoms with Crippen LogP contribution < -0.4 is 2.78 Å². The fraction of sp³-hybridized carbons (Fsp3) is 0.0500. The quantitative estimate of drug-likeness (QED) is 0.221. The van der Waals surface area contributed by atoms with Gasteiger partial charge >= 0.3 is 22.9 Å². The van der Waals surface area contributed by atoms with E-state index in [2.05, 4.69) is 81.7 Å². The monoisotopic (exact) mass is 426 g/mol. The second-order valence-electron chi connectivity index (χ2n) is 5.92. The molecule has 110 valence electrons. The fourth-order valence-electron chi connectivity index (χ4n) is 3.76. The molecule has 0 bridgehead atoms. The Morgan fingerprint density at radius 2 is 1.83 bits per heavy atom. The standard InChI is InChI=1S/C20H13INS/c1-3-12-7-8-15-19-17(12)20-16(11(2)9-10-22(20)21)13-5-4-6-14(23-15)18(13)19/h3-10H,1H2,2H3/q+1. The summed E-state index contributed by atoms with van der Waals surface area (Å²) in [6, 6.07) is 13.3. The van der Waals surface area contributed by atoms with Gasteiger partial charge in [0, 0.05) is 26.2 Å². The zero-order chi connectivity index (χ0) is 15.7. The Morgan fingerprint density at radius 1 is 1.00 bits per heavy atom. The van der Waals surface area contributed by atoms with E-state index in [4.69, 9.17) is 0 Å². The van der Waals surface area contributed by atoms with Crippen molar-refractivity contribution < 1.29 is 2.78 Å². The Hall–Kier alpha value is -1.72. The zero-order valence-corrected chi connectivity index (χ0v) is 15.5. The second-order valence-corrected chi connectivity index (χ2v) is 8.04. The first kappa shape index (κ1) is 13.7. The molecule has 0 fully saturated rings. The van der Waals surface area contributed by atoms with Crippen LogP contribution in [0.2, 0.25) is 0 Å². The molecule has 2 aromatic heterocycles. The van der Waals surface area contributed by atoms with E-state index >= 15 is 0 Å². The summed E-state index contributed by atoms with van der Waals surface area (Å²) in [4.78, 5) is 0. The Kier molecular flexibility index (Phi) is 2.77. The lowest BCUT2D eigenvalue weighted by Crippen LogP contribution is -2.20. The normalized spacial score (nSPS) is 12.1. The summed E-state index contributed by atoms with van der Waals surface area (Å²) >= 11 is 4.28. The van der Waals surface area contributed by atoms with Crippen LogP contribution in [-0.4, -0.2) is 0 Å². The highest BCUT2D eigenvalue weighted by atomic mass is 127. The molecule has 5 aromatic rings. The summed E-state index contributed by atoms with van der Waals surface area (Å²) in [5.74, 6) is 0. The molecule has 2 heterocycles. The van der Waals surface area contributed by atoms with E-state index in [1.807, 2.05) is 17.4 Å². The van der Waals surface area contributed by atoms with Crippen molar-refractivity contribution in [2.24, 2.45) is 0 Å². The van der Waals surface area contributed by atoms with Crippen LogP contribution in [0.25, 0.3) is 47.9 Å². The van der Waals surface area contributed by atoms with Gasteiger partial charge in [0.05, 0.1) is 10.8 Å². The number of fused-ring (bicyclic) bond motifs is 3. The number of hydrogen-bond donors (Lipinski definition) is 0. The minimum atomic E-state index is 1.21. The molecular weight excluding hydrogens is 413 g/mol. The van der Waals surface area contributed by atoms with Gasteiger partial charge in [-0.05, 0) is 35.6 Å². The van der Waals surface area contributed by atoms with Crippen molar-refractivity contribution >= 4 is 82.1 Å². The Bertz CT molecular complexity index is 1250. The molecule has 0 saturated carbocycles. The molecule has 0 saturated heterocycles. The van der Waals surface area contributed by atoms with Crippen LogP contribution in [0.3, 0.4) is 0 Å². The van der Waals surface area contributed by atoms with Crippen molar-refractivity contribution in [1.29, 1.82) is 0 Å². The van der Waals surface area contributed by atoms with Crippen molar-refractivity contribution in [2.45, 2.75) is 6.92 Å². The Balaban J connectivity index is 2.34. The number of aryl methyl sites for hydroxylation is 1. The molecule has 0 aliphatic carbocycles. The van der Waals surface area contributed by atoms with Crippen molar-refractivity contribution in [3.05, 3.63) is 60.3 Å². The van der Waals surface area contributed by atoms with Crippen LogP contribution in [0, 0.1) is 6.92 Å². The van der Waals surface area contributed by atoms with Gasteiger partial charge in [-0.15, -0.1) is 14.1 Å². The molecule has 0 unspecified atom stereocenters. The summed E-state index contributed by atoms with van der Waals surface area (Å²) in [7, 11) is 0. The maximum atomic E-state index is 4.05. The van der Waals surface area contributed by atoms with Gasteiger partial charge in [0.25, 0.3) is 0 Å². The van der Waals surface area contributed by atoms with Gasteiger partial charge in [-0.1, -0.05) is 30.9 Å². The highest BCUT2D eigenvalue weighted by molar-refractivity contribution is 14.1. The van der Waals surface area contributed by atoms with Crippen LogP contribution in [0.4, 0.5) is 0 Å². The summed E-state index contributed by atoms with van der Waals surface area (Å²) in [6.45, 7) is 6.26. The van der Waals surface area contributed by atoms with Crippen molar-refractivity contribution in [1.82, 2.24) is 0 Å². The van der Waals surface area contributed by atoms with E-state index in [-0.39, 0.29) is 0 Å². The average molecular weight is 426 g/mol. The van der Waals surface area contributed by atoms with Gasteiger partial charge in [0.2, 0.25) is 5.52 Å². The molecule has 1 nitrogen and oxygen atoms in total. The lowest BCUT2D eigenvalue weighted by molar-refractivity contribution is -0.406. The molecule has 5 rings (SSSR count). The number of halogens is 1. The number of aromatic nitrogens is 1. The van der Waals surface area contributed by atoms with Gasteiger partial charge < -0.3 is 0 Å². The maximum Gasteiger partial charge on any atom is 0.354 e. The molecule has 23 heavy (non-hydrogen) atoms. The Labute approximate surface area is 151 Å². The van der Waals surface area contributed by atoms with E-state index in [9.17, 15) is 0 Å². The summed E-state index contributed by atoms with van der Waals surface area (Å²) in [5, 5.41) is 6.84. The van der Waals surface area contributed by atoms with Gasteiger partial charge in [0.15, 0.2) is 6.20 Å². The lowest BCUT2D eigenvalue weighted by Gasteiger charge is -2.10. The highest BCUT2D eigenvalue weighted by Crippen LogP contribution is 2.46. The molecule has 0 N–H and O–H groups in total. The number of pyridine rings is 1. The molecule has 0 atom stereocenters. The first-order valence-electron chi connectivity index (χ1n) is 7.53. The molecule has 3 aromatic carbocycles. The molecule has 0 radical (unpaired) electrons. The lowest BCUT2D eigenvalue weighted by atomic mass is 9.92. The first-order chi connectivity index (χ1) is 11.2. The van der Waals surface area contributed by atoms with Crippen LogP contribution >= 0.6 is 34.2 Å². The van der Waals surface area contributed by atoms with Gasteiger partial charge in [-0.3, -0.25) is 0 Å². The van der Waals surface area contributed by atoms with Gasteiger partial charge in [0.1, 0.15) is 0 Å². The van der Waals surface area contributed by atoms with Crippen molar-refractivity contribution in [3.63, 3.8) is 0 Å². The molecular formula is C20H13INS+. The summed E-state index contributed by atoms with van der Waals surface area (Å²) < 4.78 is 4.95. The highest BCUT2D eigenvalue weighted by Gasteiger charge is 2.23. The molecule has 3 heteroatoms. The minimum absolute atomic E-state index is 1.21. The predicted octanol–water partition coefficient (Wildman–Crippen LogP) is 6.24. The third-order valence-electron chi connectivity index (χ3n) is 4.72. The van der Waals surface area contributed by atoms with Crippen LogP contribution in [0.15, 0.2) is 49.2 Å². The minimum Gasteiger partial charge on any atom is -0.136 e. The van der Waals surface area contributed by atoms with E-state index < -0.39 is 0 Å². The molecule has 0 spiro atoms. The number of nitrogens with zero attached hydrogens (tertiary/aromatic N) is 1. The molecule has 0 aliphatic heterocycles. The van der Waals surface area contributed by atoms with E-state index in [0.717, 1.165) is 0 Å². The van der Waals surface area contributed by atoms with Crippen LogP contribution in [0.1, 0.15) is 11.1 Å². The first-order valence-corrected chi connectivity index (χ1v) is 9.31. The SMILES string of the molecule is C=Cc1ccc2sc3cccc4c5c(C)cc[n+](I)c5c1c2c34. The van der Waals surface area contributed by atoms with Crippen LogP contribution in [-0.2, 0) is 0 Å². The molecule has 0 aliphatic rings. The third kappa shape index (κ3) is 1.64. The zero-order valence-electron chi connectivity index (χ0n) is 12.6. The van der Waals surface area contributed by atoms with Crippen molar-refractivity contribution in [2.75, 3.05) is 0 Å². The maximum absolute atomic E-state index is 4.05. The third-order valence-corrected chi connectivity index (χ3v) is 6.65. The van der Waals surface area contributed by atoms with Gasteiger partial charge in [-0.2, -0.15) is 0 Å². The summed E-state index contributed by atoms with van der Waals surface area (Å²) in [5.41, 5.74) is 3.83. The van der Waals surface area contributed by atoms with Gasteiger partial charge in [-0.25, -0.2) is 0 Å².